The monoisotopic (exact) mass is 326 g/mol. The number of hydrogen-bond acceptors (Lipinski definition) is 5. The van der Waals surface area contributed by atoms with Gasteiger partial charge < -0.3 is 13.9 Å². The molecule has 0 saturated heterocycles. The predicted molar refractivity (Wildman–Crippen MR) is 88.2 cm³/mol. The van der Waals surface area contributed by atoms with E-state index in [0.29, 0.717) is 11.5 Å². The molecule has 0 aliphatic rings. The van der Waals surface area contributed by atoms with Gasteiger partial charge >= 0.3 is 0 Å². The fourth-order valence-electron chi connectivity index (χ4n) is 2.17. The SMILES string of the molecule is COc1ccc(/C=C/c2nnc(-c3ccccc3F)o2)cc1OC. The lowest BCUT2D eigenvalue weighted by Gasteiger charge is -2.07. The summed E-state index contributed by atoms with van der Waals surface area (Å²) in [7, 11) is 3.15. The molecule has 3 rings (SSSR count). The Bertz CT molecular complexity index is 874. The Morgan fingerprint density at radius 2 is 1.75 bits per heavy atom. The Morgan fingerprint density at radius 1 is 0.958 bits per heavy atom. The highest BCUT2D eigenvalue weighted by Crippen LogP contribution is 2.28. The number of halogens is 1. The van der Waals surface area contributed by atoms with Crippen LogP contribution >= 0.6 is 0 Å². The van der Waals surface area contributed by atoms with Gasteiger partial charge in [0, 0.05) is 6.08 Å². The quantitative estimate of drug-likeness (QED) is 0.707. The van der Waals surface area contributed by atoms with E-state index in [1.807, 2.05) is 12.1 Å². The first-order chi connectivity index (χ1) is 11.7. The van der Waals surface area contributed by atoms with Crippen LogP contribution in [0.25, 0.3) is 23.6 Å². The fraction of sp³-hybridized carbons (Fsp3) is 0.111. The molecule has 2 aromatic carbocycles. The summed E-state index contributed by atoms with van der Waals surface area (Å²) in [6.45, 7) is 0. The first kappa shape index (κ1) is 15.7. The summed E-state index contributed by atoms with van der Waals surface area (Å²) in [5.41, 5.74) is 1.15. The fourth-order valence-corrected chi connectivity index (χ4v) is 2.17. The van der Waals surface area contributed by atoms with E-state index in [1.165, 1.54) is 6.07 Å². The smallest absolute Gasteiger partial charge is 0.251 e. The molecule has 0 amide bonds. The van der Waals surface area contributed by atoms with Gasteiger partial charge in [0.2, 0.25) is 5.89 Å². The first-order valence-corrected chi connectivity index (χ1v) is 7.20. The van der Waals surface area contributed by atoms with Gasteiger partial charge in [0.25, 0.3) is 5.89 Å². The van der Waals surface area contributed by atoms with E-state index >= 15 is 0 Å². The maximum Gasteiger partial charge on any atom is 0.251 e. The van der Waals surface area contributed by atoms with Gasteiger partial charge in [0.05, 0.1) is 19.8 Å². The molecule has 1 aromatic heterocycles. The Hall–Kier alpha value is -3.15. The Kier molecular flexibility index (Phi) is 4.56. The molecule has 6 heteroatoms. The molecule has 5 nitrogen and oxygen atoms in total. The molecule has 0 aliphatic carbocycles. The lowest BCUT2D eigenvalue weighted by atomic mass is 10.2. The van der Waals surface area contributed by atoms with Crippen LogP contribution in [0.15, 0.2) is 46.9 Å². The number of methoxy groups -OCH3 is 2. The van der Waals surface area contributed by atoms with Crippen LogP contribution in [0.4, 0.5) is 4.39 Å². The number of hydrogen-bond donors (Lipinski definition) is 0. The molecule has 3 aromatic rings. The Balaban J connectivity index is 1.82. The van der Waals surface area contributed by atoms with Crippen molar-refractivity contribution >= 4 is 12.2 Å². The van der Waals surface area contributed by atoms with E-state index in [0.717, 1.165) is 5.56 Å². The van der Waals surface area contributed by atoms with Crippen LogP contribution in [0.1, 0.15) is 11.5 Å². The van der Waals surface area contributed by atoms with Gasteiger partial charge in [-0.3, -0.25) is 0 Å². The second kappa shape index (κ2) is 6.95. The van der Waals surface area contributed by atoms with Crippen molar-refractivity contribution in [2.24, 2.45) is 0 Å². The lowest BCUT2D eigenvalue weighted by Crippen LogP contribution is -1.90. The standard InChI is InChI=1S/C18H15FN2O3/c1-22-15-9-7-12(11-16(15)23-2)8-10-17-20-21-18(24-17)13-5-3-4-6-14(13)19/h3-11H,1-2H3/b10-8+. The van der Waals surface area contributed by atoms with Crippen LogP contribution in [-0.2, 0) is 0 Å². The van der Waals surface area contributed by atoms with Crippen LogP contribution in [0.3, 0.4) is 0 Å². The molecule has 24 heavy (non-hydrogen) atoms. The second-order valence-corrected chi connectivity index (χ2v) is 4.87. The van der Waals surface area contributed by atoms with Crippen molar-refractivity contribution in [1.29, 1.82) is 0 Å². The minimum absolute atomic E-state index is 0.139. The molecule has 1 heterocycles. The van der Waals surface area contributed by atoms with Gasteiger partial charge in [-0.2, -0.15) is 0 Å². The summed E-state index contributed by atoms with van der Waals surface area (Å²) in [5, 5.41) is 7.77. The van der Waals surface area contributed by atoms with Gasteiger partial charge in [-0.05, 0) is 35.9 Å². The molecular formula is C18H15FN2O3. The maximum atomic E-state index is 13.7. The topological polar surface area (TPSA) is 57.4 Å². The van der Waals surface area contributed by atoms with E-state index < -0.39 is 5.82 Å². The van der Waals surface area contributed by atoms with Crippen molar-refractivity contribution in [3.8, 4) is 23.0 Å². The number of ether oxygens (including phenoxy) is 2. The van der Waals surface area contributed by atoms with E-state index in [2.05, 4.69) is 10.2 Å². The summed E-state index contributed by atoms with van der Waals surface area (Å²) in [6.07, 6.45) is 3.44. The minimum atomic E-state index is -0.406. The van der Waals surface area contributed by atoms with Crippen LogP contribution in [-0.4, -0.2) is 24.4 Å². The average molecular weight is 326 g/mol. The zero-order chi connectivity index (χ0) is 16.9. The number of nitrogens with zero attached hydrogens (tertiary/aromatic N) is 2. The van der Waals surface area contributed by atoms with Crippen molar-refractivity contribution in [3.63, 3.8) is 0 Å². The highest BCUT2D eigenvalue weighted by molar-refractivity contribution is 5.68. The van der Waals surface area contributed by atoms with E-state index in [-0.39, 0.29) is 17.3 Å². The number of aromatic nitrogens is 2. The molecule has 0 unspecified atom stereocenters. The van der Waals surface area contributed by atoms with Crippen molar-refractivity contribution in [2.75, 3.05) is 14.2 Å². The molecule has 0 bridgehead atoms. The molecule has 0 aliphatic heterocycles. The summed E-state index contributed by atoms with van der Waals surface area (Å²) in [4.78, 5) is 0. The highest BCUT2D eigenvalue weighted by atomic mass is 19.1. The zero-order valence-electron chi connectivity index (χ0n) is 13.2. The molecule has 0 atom stereocenters. The molecule has 0 saturated carbocycles. The van der Waals surface area contributed by atoms with Crippen LogP contribution < -0.4 is 9.47 Å². The van der Waals surface area contributed by atoms with Crippen molar-refractivity contribution in [3.05, 3.63) is 59.7 Å². The molecular weight excluding hydrogens is 311 g/mol. The average Bonchev–Trinajstić information content (AvgIpc) is 3.08. The van der Waals surface area contributed by atoms with Crippen molar-refractivity contribution < 1.29 is 18.3 Å². The van der Waals surface area contributed by atoms with Gasteiger partial charge in [-0.25, -0.2) is 4.39 Å². The van der Waals surface area contributed by atoms with Crippen LogP contribution in [0.2, 0.25) is 0 Å². The highest BCUT2D eigenvalue weighted by Gasteiger charge is 2.11. The van der Waals surface area contributed by atoms with Gasteiger partial charge in [0.15, 0.2) is 11.5 Å². The van der Waals surface area contributed by atoms with Crippen molar-refractivity contribution in [1.82, 2.24) is 10.2 Å². The summed E-state index contributed by atoms with van der Waals surface area (Å²) >= 11 is 0. The predicted octanol–water partition coefficient (Wildman–Crippen LogP) is 4.06. The molecule has 122 valence electrons. The van der Waals surface area contributed by atoms with Crippen molar-refractivity contribution in [2.45, 2.75) is 0 Å². The molecule has 0 N–H and O–H groups in total. The van der Waals surface area contributed by atoms with Gasteiger partial charge in [-0.1, -0.05) is 18.2 Å². The third kappa shape index (κ3) is 3.27. The third-order valence-electron chi connectivity index (χ3n) is 3.37. The first-order valence-electron chi connectivity index (χ1n) is 7.20. The minimum Gasteiger partial charge on any atom is -0.493 e. The molecule has 0 spiro atoms. The third-order valence-corrected chi connectivity index (χ3v) is 3.37. The van der Waals surface area contributed by atoms with E-state index in [9.17, 15) is 4.39 Å². The summed E-state index contributed by atoms with van der Waals surface area (Å²) < 4.78 is 29.6. The van der Waals surface area contributed by atoms with Crippen LogP contribution in [0, 0.1) is 5.82 Å². The van der Waals surface area contributed by atoms with E-state index in [1.54, 1.807) is 50.6 Å². The normalized spacial score (nSPS) is 11.0. The van der Waals surface area contributed by atoms with Gasteiger partial charge in [0.1, 0.15) is 5.82 Å². The largest absolute Gasteiger partial charge is 0.493 e. The summed E-state index contributed by atoms with van der Waals surface area (Å²) in [5.74, 6) is 1.28. The number of rotatable bonds is 5. The van der Waals surface area contributed by atoms with Gasteiger partial charge in [-0.15, -0.1) is 10.2 Å². The molecule has 0 fully saturated rings. The van der Waals surface area contributed by atoms with E-state index in [4.69, 9.17) is 13.9 Å². The zero-order valence-corrected chi connectivity index (χ0v) is 13.2. The molecule has 0 radical (unpaired) electrons. The Labute approximate surface area is 138 Å². The van der Waals surface area contributed by atoms with Crippen LogP contribution in [0.5, 0.6) is 11.5 Å². The lowest BCUT2D eigenvalue weighted by molar-refractivity contribution is 0.355. The Morgan fingerprint density at radius 3 is 2.50 bits per heavy atom. The number of benzene rings is 2. The second-order valence-electron chi connectivity index (χ2n) is 4.87. The maximum absolute atomic E-state index is 13.7. The summed E-state index contributed by atoms with van der Waals surface area (Å²) in [6, 6.07) is 11.7.